The summed E-state index contributed by atoms with van der Waals surface area (Å²) in [6.45, 7) is 5.19. The van der Waals surface area contributed by atoms with Crippen molar-refractivity contribution >= 4 is 40.4 Å². The normalized spacial score (nSPS) is 17.6. The van der Waals surface area contributed by atoms with Crippen LogP contribution in [0.25, 0.3) is 0 Å². The largest absolute Gasteiger partial charge is 0.463 e. The number of nitrogens with zero attached hydrogens (tertiary/aromatic N) is 1. The number of halogens is 1. The number of amides is 1. The summed E-state index contributed by atoms with van der Waals surface area (Å²) in [5.74, 6) is -0.610. The molecule has 0 spiro atoms. The molecule has 1 aliphatic rings. The number of hydrogen-bond donors (Lipinski definition) is 1. The fraction of sp³-hybridized carbons (Fsp3) is 0.312. The van der Waals surface area contributed by atoms with Gasteiger partial charge in [-0.3, -0.25) is 4.79 Å². The number of thioether (sulfide) groups is 1. The van der Waals surface area contributed by atoms with Crippen molar-refractivity contribution in [3.05, 3.63) is 46.1 Å². The maximum absolute atomic E-state index is 12.3. The fourth-order valence-corrected chi connectivity index (χ4v) is 3.56. The molecule has 5 nitrogen and oxygen atoms in total. The van der Waals surface area contributed by atoms with Crippen molar-refractivity contribution in [3.8, 4) is 0 Å². The molecule has 0 fully saturated rings. The van der Waals surface area contributed by atoms with Crippen LogP contribution < -0.4 is 5.32 Å². The van der Waals surface area contributed by atoms with Crippen LogP contribution in [0, 0.1) is 0 Å². The van der Waals surface area contributed by atoms with Gasteiger partial charge in [-0.15, -0.1) is 0 Å². The van der Waals surface area contributed by atoms with Gasteiger partial charge >= 0.3 is 5.97 Å². The zero-order valence-corrected chi connectivity index (χ0v) is 14.6. The molecule has 23 heavy (non-hydrogen) atoms. The van der Waals surface area contributed by atoms with Gasteiger partial charge in [0.05, 0.1) is 23.1 Å². The number of esters is 1. The highest BCUT2D eigenvalue weighted by atomic mass is 35.5. The van der Waals surface area contributed by atoms with Gasteiger partial charge in [-0.05, 0) is 31.5 Å². The first kappa shape index (κ1) is 17.6. The highest BCUT2D eigenvalue weighted by Gasteiger charge is 2.32. The zero-order valence-electron chi connectivity index (χ0n) is 13.1. The minimum atomic E-state index is -0.400. The van der Waals surface area contributed by atoms with Crippen LogP contribution in [0.2, 0.25) is 5.02 Å². The number of ether oxygens (including phenoxy) is 1. The maximum atomic E-state index is 12.3. The molecule has 1 aliphatic heterocycles. The third kappa shape index (κ3) is 4.36. The smallest absolute Gasteiger partial charge is 0.337 e. The Kier molecular flexibility index (Phi) is 5.85. The molecule has 1 amide bonds. The number of carbonyl (C=O) groups excluding carboxylic acids is 2. The monoisotopic (exact) mass is 352 g/mol. The topological polar surface area (TPSA) is 67.8 Å². The van der Waals surface area contributed by atoms with Gasteiger partial charge in [0.2, 0.25) is 5.91 Å². The van der Waals surface area contributed by atoms with E-state index in [1.807, 2.05) is 12.1 Å². The highest BCUT2D eigenvalue weighted by Crippen LogP contribution is 2.42. The zero-order chi connectivity index (χ0) is 17.0. The standard InChI is InChI=1S/C16H17ClN2O3S/c1-4-22-15(21)13-9(2)18-16(19-10(3)20)23-14(13)11-5-7-12(17)8-6-11/h5-8,14H,4H2,1-3H3,(H,18,19,20). The van der Waals surface area contributed by atoms with E-state index in [2.05, 4.69) is 10.3 Å². The summed E-state index contributed by atoms with van der Waals surface area (Å²) in [6, 6.07) is 7.23. The molecule has 1 atom stereocenters. The molecule has 7 heteroatoms. The van der Waals surface area contributed by atoms with E-state index in [1.165, 1.54) is 18.7 Å². The summed E-state index contributed by atoms with van der Waals surface area (Å²) in [6.07, 6.45) is 0. The summed E-state index contributed by atoms with van der Waals surface area (Å²) in [7, 11) is 0. The van der Waals surface area contributed by atoms with Crippen molar-refractivity contribution < 1.29 is 14.3 Å². The first-order chi connectivity index (χ1) is 10.9. The van der Waals surface area contributed by atoms with E-state index < -0.39 is 5.97 Å². The number of rotatable bonds is 3. The molecule has 0 saturated heterocycles. The summed E-state index contributed by atoms with van der Waals surface area (Å²) >= 11 is 7.24. The van der Waals surface area contributed by atoms with Crippen molar-refractivity contribution in [1.29, 1.82) is 0 Å². The van der Waals surface area contributed by atoms with Gasteiger partial charge in [0, 0.05) is 11.9 Å². The lowest BCUT2D eigenvalue weighted by Gasteiger charge is -2.25. The highest BCUT2D eigenvalue weighted by molar-refractivity contribution is 8.14. The van der Waals surface area contributed by atoms with Crippen LogP contribution >= 0.6 is 23.4 Å². The second kappa shape index (κ2) is 7.66. The molecular weight excluding hydrogens is 336 g/mol. The number of nitrogens with one attached hydrogen (secondary N) is 1. The molecule has 0 saturated carbocycles. The van der Waals surface area contributed by atoms with E-state index >= 15 is 0 Å². The molecule has 1 heterocycles. The summed E-state index contributed by atoms with van der Waals surface area (Å²) in [5, 5.41) is 3.44. The van der Waals surface area contributed by atoms with Crippen LogP contribution in [0.5, 0.6) is 0 Å². The summed E-state index contributed by atoms with van der Waals surface area (Å²) in [5.41, 5.74) is 1.90. The number of benzene rings is 1. The van der Waals surface area contributed by atoms with E-state index in [9.17, 15) is 9.59 Å². The van der Waals surface area contributed by atoms with Crippen molar-refractivity contribution in [2.24, 2.45) is 4.99 Å². The van der Waals surface area contributed by atoms with Crippen LogP contribution in [-0.2, 0) is 14.3 Å². The summed E-state index contributed by atoms with van der Waals surface area (Å²) < 4.78 is 5.15. The van der Waals surface area contributed by atoms with Crippen molar-refractivity contribution in [1.82, 2.24) is 5.32 Å². The average molecular weight is 353 g/mol. The van der Waals surface area contributed by atoms with Gasteiger partial charge in [-0.1, -0.05) is 35.5 Å². The quantitative estimate of drug-likeness (QED) is 0.846. The van der Waals surface area contributed by atoms with Crippen LogP contribution in [0.15, 0.2) is 40.5 Å². The maximum Gasteiger partial charge on any atom is 0.337 e. The molecule has 2 rings (SSSR count). The van der Waals surface area contributed by atoms with Crippen LogP contribution in [0.1, 0.15) is 31.6 Å². The number of amidine groups is 1. The Morgan fingerprint density at radius 2 is 2.00 bits per heavy atom. The van der Waals surface area contributed by atoms with Gasteiger partial charge in [0.25, 0.3) is 0 Å². The molecule has 122 valence electrons. The lowest BCUT2D eigenvalue weighted by molar-refractivity contribution is -0.138. The van der Waals surface area contributed by atoms with E-state index in [1.54, 1.807) is 26.0 Å². The Bertz CT molecular complexity index is 683. The van der Waals surface area contributed by atoms with E-state index in [-0.39, 0.29) is 17.8 Å². The third-order valence-corrected chi connectivity index (χ3v) is 4.51. The lowest BCUT2D eigenvalue weighted by atomic mass is 10.0. The molecule has 1 unspecified atom stereocenters. The second-order valence-corrected chi connectivity index (χ2v) is 6.40. The number of hydrogen-bond acceptors (Lipinski definition) is 5. The molecule has 0 aliphatic carbocycles. The van der Waals surface area contributed by atoms with Crippen molar-refractivity contribution in [2.45, 2.75) is 26.0 Å². The van der Waals surface area contributed by atoms with Crippen LogP contribution in [0.3, 0.4) is 0 Å². The van der Waals surface area contributed by atoms with Gasteiger partial charge in [-0.2, -0.15) is 0 Å². The van der Waals surface area contributed by atoms with Gasteiger partial charge in [-0.25, -0.2) is 9.79 Å². The molecule has 1 aromatic carbocycles. The lowest BCUT2D eigenvalue weighted by Crippen LogP contribution is -2.30. The molecular formula is C16H17ClN2O3S. The van der Waals surface area contributed by atoms with Crippen LogP contribution in [0.4, 0.5) is 0 Å². The molecule has 1 aromatic rings. The molecule has 0 bridgehead atoms. The summed E-state index contributed by atoms with van der Waals surface area (Å²) in [4.78, 5) is 27.9. The van der Waals surface area contributed by atoms with E-state index in [0.717, 1.165) is 5.56 Å². The minimum Gasteiger partial charge on any atom is -0.463 e. The predicted molar refractivity (Wildman–Crippen MR) is 92.4 cm³/mol. The average Bonchev–Trinajstić information content (AvgIpc) is 2.46. The third-order valence-electron chi connectivity index (χ3n) is 3.10. The molecule has 0 radical (unpaired) electrons. The van der Waals surface area contributed by atoms with E-state index in [4.69, 9.17) is 16.3 Å². The SMILES string of the molecule is CCOC(=O)C1=C(C)N=C(NC(C)=O)SC1c1ccc(Cl)cc1. The first-order valence-electron chi connectivity index (χ1n) is 7.08. The van der Waals surface area contributed by atoms with Gasteiger partial charge in [0.15, 0.2) is 5.17 Å². The second-order valence-electron chi connectivity index (χ2n) is 4.87. The van der Waals surface area contributed by atoms with Crippen molar-refractivity contribution in [3.63, 3.8) is 0 Å². The minimum absolute atomic E-state index is 0.210. The Balaban J connectivity index is 2.44. The Hall–Kier alpha value is -1.79. The number of carbonyl (C=O) groups is 2. The fourth-order valence-electron chi connectivity index (χ4n) is 2.14. The van der Waals surface area contributed by atoms with Gasteiger partial charge in [0.1, 0.15) is 0 Å². The van der Waals surface area contributed by atoms with Crippen LogP contribution in [-0.4, -0.2) is 23.7 Å². The Morgan fingerprint density at radius 1 is 1.35 bits per heavy atom. The van der Waals surface area contributed by atoms with Gasteiger partial charge < -0.3 is 10.1 Å². The predicted octanol–water partition coefficient (Wildman–Crippen LogP) is 3.46. The number of aliphatic imine (C=N–C) groups is 1. The molecule has 1 N–H and O–H groups in total. The first-order valence-corrected chi connectivity index (χ1v) is 8.34. The Labute approximate surface area is 144 Å². The molecule has 0 aromatic heterocycles. The van der Waals surface area contributed by atoms with Crippen molar-refractivity contribution in [2.75, 3.05) is 6.61 Å². The van der Waals surface area contributed by atoms with E-state index in [0.29, 0.717) is 21.5 Å². The number of allylic oxidation sites excluding steroid dienone is 1. The Morgan fingerprint density at radius 3 is 2.57 bits per heavy atom.